The van der Waals surface area contributed by atoms with Gasteiger partial charge in [0.05, 0.1) is 10.9 Å². The third kappa shape index (κ3) is 5.57. The Morgan fingerprint density at radius 3 is 2.38 bits per heavy atom. The van der Waals surface area contributed by atoms with Crippen LogP contribution in [0.1, 0.15) is 26.3 Å². The Morgan fingerprint density at radius 2 is 1.69 bits per heavy atom. The Morgan fingerprint density at radius 1 is 0.974 bits per heavy atom. The number of anilines is 3. The molecule has 9 heteroatoms. The molecule has 0 saturated carbocycles. The van der Waals surface area contributed by atoms with E-state index in [0.29, 0.717) is 51.4 Å². The van der Waals surface area contributed by atoms with Gasteiger partial charge in [0, 0.05) is 48.0 Å². The highest BCUT2D eigenvalue weighted by atomic mass is 19.1. The molecule has 200 valence electrons. The van der Waals surface area contributed by atoms with Crippen molar-refractivity contribution in [3.05, 3.63) is 101 Å². The molecule has 0 aliphatic carbocycles. The number of halogens is 2. The first-order chi connectivity index (χ1) is 18.9. The van der Waals surface area contributed by atoms with Crippen LogP contribution in [0, 0.1) is 18.6 Å². The molecule has 5 aromatic rings. The zero-order valence-electron chi connectivity index (χ0n) is 22.1. The number of aromatic nitrogens is 3. The topological polar surface area (TPSA) is 95.1 Å². The van der Waals surface area contributed by atoms with E-state index in [1.165, 1.54) is 30.5 Å². The fourth-order valence-electron chi connectivity index (χ4n) is 4.09. The van der Waals surface area contributed by atoms with Crippen molar-refractivity contribution >= 4 is 28.2 Å². The van der Waals surface area contributed by atoms with Crippen molar-refractivity contribution in [2.24, 2.45) is 0 Å². The van der Waals surface area contributed by atoms with Gasteiger partial charge in [0.15, 0.2) is 11.6 Å². The first kappa shape index (κ1) is 27.3. The van der Waals surface area contributed by atoms with E-state index in [4.69, 9.17) is 10.5 Å². The summed E-state index contributed by atoms with van der Waals surface area (Å²) in [5.41, 5.74) is 8.19. The van der Waals surface area contributed by atoms with Gasteiger partial charge in [-0.15, -0.1) is 0 Å². The number of pyridine rings is 3. The zero-order chi connectivity index (χ0) is 28.1. The minimum atomic E-state index is -0.613. The number of nitrogen functional groups attached to an aromatic ring is 1. The van der Waals surface area contributed by atoms with Crippen LogP contribution < -0.4 is 21.2 Å². The van der Waals surface area contributed by atoms with E-state index in [2.05, 4.69) is 15.3 Å². The first-order valence-corrected chi connectivity index (χ1v) is 12.6. The van der Waals surface area contributed by atoms with Crippen LogP contribution in [0.15, 0.2) is 78.0 Å². The number of nitrogens with two attached hydrogens (primary N) is 1. The summed E-state index contributed by atoms with van der Waals surface area (Å²) in [6, 6.07) is 13.5. The molecule has 3 N–H and O–H groups in total. The lowest BCUT2D eigenvalue weighted by Crippen LogP contribution is -2.14. The second kappa shape index (κ2) is 11.7. The standard InChI is InChI=1S/C28H23F2N5O2.C2H6/c1-3-35-15-20(17-4-6-18(29)7-5-17)26(36)25-22(35)10-12-33-28(25)34-19-8-9-24(21(30)14-19)37-23-11-13-32-27(31)16(23)2;1-2/h4-15H,3H2,1-2H3,(H2,31,32)(H,33,34);1-2H3. The second-order valence-electron chi connectivity index (χ2n) is 8.41. The third-order valence-corrected chi connectivity index (χ3v) is 6.10. The minimum Gasteiger partial charge on any atom is -0.454 e. The Hall–Kier alpha value is -4.79. The molecule has 0 saturated heterocycles. The van der Waals surface area contributed by atoms with Crippen LogP contribution in [0.4, 0.5) is 26.1 Å². The highest BCUT2D eigenvalue weighted by Gasteiger charge is 2.16. The number of fused-ring (bicyclic) bond motifs is 1. The molecule has 0 spiro atoms. The molecular weight excluding hydrogens is 500 g/mol. The molecule has 3 heterocycles. The summed E-state index contributed by atoms with van der Waals surface area (Å²) in [4.78, 5) is 21.9. The maximum atomic E-state index is 15.0. The maximum Gasteiger partial charge on any atom is 0.200 e. The normalized spacial score (nSPS) is 10.6. The van der Waals surface area contributed by atoms with Crippen LogP contribution in [0.5, 0.6) is 11.5 Å². The van der Waals surface area contributed by atoms with E-state index in [1.54, 1.807) is 49.6 Å². The van der Waals surface area contributed by atoms with Crippen molar-refractivity contribution in [2.75, 3.05) is 11.1 Å². The van der Waals surface area contributed by atoms with Gasteiger partial charge in [-0.05, 0) is 55.8 Å². The lowest BCUT2D eigenvalue weighted by atomic mass is 10.0. The van der Waals surface area contributed by atoms with Crippen molar-refractivity contribution in [3.8, 4) is 22.6 Å². The molecule has 0 fully saturated rings. The smallest absolute Gasteiger partial charge is 0.200 e. The Bertz CT molecular complexity index is 1680. The van der Waals surface area contributed by atoms with Crippen LogP contribution in [0.2, 0.25) is 0 Å². The average molecular weight is 530 g/mol. The van der Waals surface area contributed by atoms with Crippen molar-refractivity contribution in [2.45, 2.75) is 34.2 Å². The van der Waals surface area contributed by atoms with Gasteiger partial charge in [0.2, 0.25) is 5.43 Å². The van der Waals surface area contributed by atoms with E-state index in [1.807, 2.05) is 25.3 Å². The zero-order valence-corrected chi connectivity index (χ0v) is 22.1. The summed E-state index contributed by atoms with van der Waals surface area (Å²) in [5.74, 6) is -0.0110. The number of aryl methyl sites for hydroxylation is 1. The van der Waals surface area contributed by atoms with Crippen LogP contribution in [-0.2, 0) is 6.54 Å². The Kier molecular flexibility index (Phi) is 8.19. The summed E-state index contributed by atoms with van der Waals surface area (Å²) >= 11 is 0. The molecule has 0 aliphatic heterocycles. The predicted molar refractivity (Wildman–Crippen MR) is 152 cm³/mol. The summed E-state index contributed by atoms with van der Waals surface area (Å²) in [6.07, 6.45) is 4.82. The number of ether oxygens (including phenoxy) is 1. The number of hydrogen-bond acceptors (Lipinski definition) is 6. The van der Waals surface area contributed by atoms with Crippen molar-refractivity contribution in [3.63, 3.8) is 0 Å². The lowest BCUT2D eigenvalue weighted by Gasteiger charge is -2.15. The first-order valence-electron chi connectivity index (χ1n) is 12.6. The molecule has 0 bridgehead atoms. The highest BCUT2D eigenvalue weighted by Crippen LogP contribution is 2.32. The van der Waals surface area contributed by atoms with Crippen LogP contribution in [0.3, 0.4) is 0 Å². The third-order valence-electron chi connectivity index (χ3n) is 6.10. The molecule has 0 radical (unpaired) electrons. The summed E-state index contributed by atoms with van der Waals surface area (Å²) in [5, 5.41) is 3.41. The molecular formula is C30H29F2N5O2. The largest absolute Gasteiger partial charge is 0.454 e. The molecule has 0 unspecified atom stereocenters. The van der Waals surface area contributed by atoms with E-state index in [-0.39, 0.29) is 22.8 Å². The fraction of sp³-hybridized carbons (Fsp3) is 0.167. The van der Waals surface area contributed by atoms with Gasteiger partial charge in [-0.25, -0.2) is 18.7 Å². The molecule has 7 nitrogen and oxygen atoms in total. The minimum absolute atomic E-state index is 0.0112. The van der Waals surface area contributed by atoms with Gasteiger partial charge >= 0.3 is 0 Å². The molecule has 0 atom stereocenters. The molecule has 0 aliphatic rings. The van der Waals surface area contributed by atoms with Gasteiger partial charge in [0.25, 0.3) is 0 Å². The number of hydrogen-bond donors (Lipinski definition) is 2. The Balaban J connectivity index is 0.00000172. The summed E-state index contributed by atoms with van der Waals surface area (Å²) < 4.78 is 36.1. The van der Waals surface area contributed by atoms with Crippen LogP contribution in [-0.4, -0.2) is 14.5 Å². The van der Waals surface area contributed by atoms with E-state index in [0.717, 1.165) is 0 Å². The van der Waals surface area contributed by atoms with Gasteiger partial charge in [-0.2, -0.15) is 0 Å². The number of rotatable bonds is 6. The number of nitrogens with zero attached hydrogens (tertiary/aromatic N) is 3. The summed E-state index contributed by atoms with van der Waals surface area (Å²) in [6.45, 7) is 8.28. The van der Waals surface area contributed by atoms with Crippen LogP contribution >= 0.6 is 0 Å². The summed E-state index contributed by atoms with van der Waals surface area (Å²) in [7, 11) is 0. The SMILES string of the molecule is CC.CCn1cc(-c2ccc(F)cc2)c(=O)c2c(Nc3ccc(Oc4ccnc(N)c4C)c(F)c3)nccc21. The predicted octanol–water partition coefficient (Wildman–Crippen LogP) is 7.21. The number of benzene rings is 2. The molecule has 0 amide bonds. The van der Waals surface area contributed by atoms with Crippen molar-refractivity contribution < 1.29 is 13.5 Å². The Labute approximate surface area is 224 Å². The van der Waals surface area contributed by atoms with Gasteiger partial charge < -0.3 is 20.4 Å². The van der Waals surface area contributed by atoms with Crippen molar-refractivity contribution in [1.29, 1.82) is 0 Å². The monoisotopic (exact) mass is 529 g/mol. The van der Waals surface area contributed by atoms with Gasteiger partial charge in [0.1, 0.15) is 23.2 Å². The average Bonchev–Trinajstić information content (AvgIpc) is 2.94. The quantitative estimate of drug-likeness (QED) is 0.241. The molecule has 39 heavy (non-hydrogen) atoms. The van der Waals surface area contributed by atoms with Crippen molar-refractivity contribution in [1.82, 2.24) is 14.5 Å². The number of nitrogens with one attached hydrogen (secondary N) is 1. The molecule has 5 rings (SSSR count). The second-order valence-corrected chi connectivity index (χ2v) is 8.41. The van der Waals surface area contributed by atoms with E-state index < -0.39 is 5.82 Å². The lowest BCUT2D eigenvalue weighted by molar-refractivity contribution is 0.439. The van der Waals surface area contributed by atoms with E-state index in [9.17, 15) is 13.6 Å². The molecule has 3 aromatic heterocycles. The fourth-order valence-corrected chi connectivity index (χ4v) is 4.09. The maximum absolute atomic E-state index is 15.0. The van der Waals surface area contributed by atoms with Gasteiger partial charge in [-0.1, -0.05) is 26.0 Å². The van der Waals surface area contributed by atoms with Crippen LogP contribution in [0.25, 0.3) is 22.0 Å². The van der Waals surface area contributed by atoms with Gasteiger partial charge in [-0.3, -0.25) is 4.79 Å². The highest BCUT2D eigenvalue weighted by molar-refractivity contribution is 5.93. The van der Waals surface area contributed by atoms with E-state index >= 15 is 0 Å². The molecule has 2 aromatic carbocycles.